The van der Waals surface area contributed by atoms with Gasteiger partial charge in [-0.05, 0) is 32.3 Å². The number of aromatic nitrogens is 2. The molecule has 2 rings (SSSR count). The molecule has 5 nitrogen and oxygen atoms in total. The number of carbonyl (C=O) groups is 1. The van der Waals surface area contributed by atoms with Crippen molar-refractivity contribution in [1.82, 2.24) is 15.1 Å². The van der Waals surface area contributed by atoms with Crippen molar-refractivity contribution < 1.29 is 9.90 Å². The zero-order valence-electron chi connectivity index (χ0n) is 11.8. The molecule has 1 aromatic heterocycles. The third-order valence-corrected chi connectivity index (χ3v) is 3.84. The maximum Gasteiger partial charge on any atom is 0.269 e. The smallest absolute Gasteiger partial charge is 0.269 e. The van der Waals surface area contributed by atoms with E-state index in [0.717, 1.165) is 37.8 Å². The molecule has 1 heterocycles. The molecule has 0 saturated heterocycles. The van der Waals surface area contributed by atoms with Crippen LogP contribution in [0.5, 0.6) is 0 Å². The monoisotopic (exact) mass is 265 g/mol. The van der Waals surface area contributed by atoms with Crippen LogP contribution in [0.4, 0.5) is 0 Å². The van der Waals surface area contributed by atoms with Crippen LogP contribution in [0, 0.1) is 0 Å². The van der Waals surface area contributed by atoms with Gasteiger partial charge < -0.3 is 10.4 Å². The third kappa shape index (κ3) is 3.15. The van der Waals surface area contributed by atoms with E-state index in [4.69, 9.17) is 0 Å². The van der Waals surface area contributed by atoms with Crippen LogP contribution in [-0.4, -0.2) is 32.9 Å². The first-order valence-electron chi connectivity index (χ1n) is 7.15. The molecule has 1 aliphatic carbocycles. The van der Waals surface area contributed by atoms with Gasteiger partial charge >= 0.3 is 0 Å². The lowest BCUT2D eigenvalue weighted by atomic mass is 10.0. The minimum Gasteiger partial charge on any atom is -0.388 e. The summed E-state index contributed by atoms with van der Waals surface area (Å²) in [6.45, 7) is 4.99. The van der Waals surface area contributed by atoms with Crippen LogP contribution in [0.1, 0.15) is 55.7 Å². The Morgan fingerprint density at radius 2 is 2.16 bits per heavy atom. The number of rotatable bonds is 5. The van der Waals surface area contributed by atoms with E-state index in [1.807, 2.05) is 19.9 Å². The molecule has 0 bridgehead atoms. The first-order chi connectivity index (χ1) is 9.08. The summed E-state index contributed by atoms with van der Waals surface area (Å²) in [5.74, 6) is -0.144. The summed E-state index contributed by atoms with van der Waals surface area (Å²) in [5, 5.41) is 17.4. The first kappa shape index (κ1) is 14.1. The fourth-order valence-electron chi connectivity index (χ4n) is 2.61. The molecular weight excluding hydrogens is 242 g/mol. The highest BCUT2D eigenvalue weighted by atomic mass is 16.3. The first-order valence-corrected chi connectivity index (χ1v) is 7.15. The van der Waals surface area contributed by atoms with Gasteiger partial charge in [-0.25, -0.2) is 0 Å². The van der Waals surface area contributed by atoms with Gasteiger partial charge in [0.25, 0.3) is 5.91 Å². The maximum absolute atomic E-state index is 12.2. The predicted octanol–water partition coefficient (Wildman–Crippen LogP) is 1.50. The Balaban J connectivity index is 2.01. The minimum absolute atomic E-state index is 0.144. The van der Waals surface area contributed by atoms with Crippen molar-refractivity contribution in [1.29, 1.82) is 0 Å². The molecule has 0 unspecified atom stereocenters. The van der Waals surface area contributed by atoms with Gasteiger partial charge in [0.15, 0.2) is 0 Å². The molecule has 1 amide bonds. The molecule has 1 aromatic rings. The van der Waals surface area contributed by atoms with Gasteiger partial charge in [-0.2, -0.15) is 5.10 Å². The summed E-state index contributed by atoms with van der Waals surface area (Å²) in [7, 11) is 0. The van der Waals surface area contributed by atoms with Gasteiger partial charge in [-0.1, -0.05) is 19.8 Å². The lowest BCUT2D eigenvalue weighted by molar-refractivity contribution is 0.0447. The van der Waals surface area contributed by atoms with Gasteiger partial charge in [0.2, 0.25) is 0 Å². The largest absolute Gasteiger partial charge is 0.388 e. The molecule has 0 atom stereocenters. The Bertz CT molecular complexity index is 448. The van der Waals surface area contributed by atoms with E-state index in [9.17, 15) is 9.90 Å². The molecule has 1 fully saturated rings. The summed E-state index contributed by atoms with van der Waals surface area (Å²) in [6, 6.07) is 1.83. The summed E-state index contributed by atoms with van der Waals surface area (Å²) >= 11 is 0. The van der Waals surface area contributed by atoms with Crippen LogP contribution in [0.3, 0.4) is 0 Å². The fraction of sp³-hybridized carbons (Fsp3) is 0.714. The number of nitrogens with zero attached hydrogens (tertiary/aromatic N) is 2. The van der Waals surface area contributed by atoms with Gasteiger partial charge in [0.1, 0.15) is 5.69 Å². The Hall–Kier alpha value is -1.36. The molecule has 0 radical (unpaired) electrons. The molecule has 0 aromatic carbocycles. The average molecular weight is 265 g/mol. The predicted molar refractivity (Wildman–Crippen MR) is 73.0 cm³/mol. The number of hydrogen-bond acceptors (Lipinski definition) is 3. The molecule has 0 spiro atoms. The highest BCUT2D eigenvalue weighted by Crippen LogP contribution is 2.28. The van der Waals surface area contributed by atoms with E-state index in [-0.39, 0.29) is 5.91 Å². The zero-order chi connectivity index (χ0) is 13.9. The molecule has 0 aliphatic heterocycles. The van der Waals surface area contributed by atoms with Crippen molar-refractivity contribution in [3.05, 3.63) is 17.5 Å². The van der Waals surface area contributed by atoms with Crippen molar-refractivity contribution in [2.45, 2.75) is 58.1 Å². The van der Waals surface area contributed by atoms with Crippen molar-refractivity contribution >= 4 is 5.91 Å². The Kier molecular flexibility index (Phi) is 4.24. The van der Waals surface area contributed by atoms with Crippen LogP contribution in [-0.2, 0) is 13.0 Å². The van der Waals surface area contributed by atoms with E-state index < -0.39 is 5.60 Å². The molecule has 19 heavy (non-hydrogen) atoms. The van der Waals surface area contributed by atoms with E-state index in [2.05, 4.69) is 10.4 Å². The van der Waals surface area contributed by atoms with E-state index in [1.165, 1.54) is 0 Å². The summed E-state index contributed by atoms with van der Waals surface area (Å²) in [4.78, 5) is 12.2. The van der Waals surface area contributed by atoms with E-state index in [1.54, 1.807) is 4.68 Å². The van der Waals surface area contributed by atoms with Crippen LogP contribution in [0.25, 0.3) is 0 Å². The van der Waals surface area contributed by atoms with E-state index in [0.29, 0.717) is 18.8 Å². The molecule has 2 N–H and O–H groups in total. The third-order valence-electron chi connectivity index (χ3n) is 3.84. The summed E-state index contributed by atoms with van der Waals surface area (Å²) < 4.78 is 1.72. The second kappa shape index (κ2) is 5.74. The number of carbonyl (C=O) groups excluding carboxylic acids is 1. The highest BCUT2D eigenvalue weighted by Gasteiger charge is 2.31. The van der Waals surface area contributed by atoms with Crippen molar-refractivity contribution in [2.24, 2.45) is 0 Å². The minimum atomic E-state index is -0.708. The van der Waals surface area contributed by atoms with Crippen molar-refractivity contribution in [2.75, 3.05) is 6.54 Å². The number of aryl methyl sites for hydroxylation is 2. The van der Waals surface area contributed by atoms with Crippen LogP contribution in [0.2, 0.25) is 0 Å². The molecule has 1 saturated carbocycles. The number of hydrogen-bond donors (Lipinski definition) is 2. The second-order valence-electron chi connectivity index (χ2n) is 5.30. The van der Waals surface area contributed by atoms with Gasteiger partial charge in [0, 0.05) is 13.1 Å². The molecular formula is C14H23N3O2. The lowest BCUT2D eigenvalue weighted by Crippen LogP contribution is -2.41. The second-order valence-corrected chi connectivity index (χ2v) is 5.30. The number of nitrogens with one attached hydrogen (secondary N) is 1. The standard InChI is InChI=1S/C14H23N3O2/c1-3-11-9-12(17(4-2)16-11)13(18)15-10-14(19)7-5-6-8-14/h9,19H,3-8,10H2,1-2H3,(H,15,18). The molecule has 106 valence electrons. The van der Waals surface area contributed by atoms with Crippen LogP contribution >= 0.6 is 0 Å². The quantitative estimate of drug-likeness (QED) is 0.848. The van der Waals surface area contributed by atoms with Gasteiger partial charge in [-0.3, -0.25) is 9.48 Å². The lowest BCUT2D eigenvalue weighted by Gasteiger charge is -2.22. The molecule has 1 aliphatic rings. The van der Waals surface area contributed by atoms with Crippen LogP contribution in [0.15, 0.2) is 6.07 Å². The van der Waals surface area contributed by atoms with Gasteiger partial charge in [0.05, 0.1) is 11.3 Å². The SMILES string of the molecule is CCc1cc(C(=O)NCC2(O)CCCC2)n(CC)n1. The fourth-order valence-corrected chi connectivity index (χ4v) is 2.61. The topological polar surface area (TPSA) is 67.2 Å². The summed E-state index contributed by atoms with van der Waals surface area (Å²) in [5.41, 5.74) is 0.799. The normalized spacial score (nSPS) is 17.6. The average Bonchev–Trinajstić information content (AvgIpc) is 3.02. The number of aliphatic hydroxyl groups is 1. The van der Waals surface area contributed by atoms with Crippen molar-refractivity contribution in [3.63, 3.8) is 0 Å². The van der Waals surface area contributed by atoms with E-state index >= 15 is 0 Å². The number of amides is 1. The summed E-state index contributed by atoms with van der Waals surface area (Å²) in [6.07, 6.45) is 4.46. The molecule has 5 heteroatoms. The van der Waals surface area contributed by atoms with Crippen LogP contribution < -0.4 is 5.32 Å². The van der Waals surface area contributed by atoms with Gasteiger partial charge in [-0.15, -0.1) is 0 Å². The maximum atomic E-state index is 12.2. The van der Waals surface area contributed by atoms with Crippen molar-refractivity contribution in [3.8, 4) is 0 Å². The Morgan fingerprint density at radius 1 is 1.47 bits per heavy atom. The Morgan fingerprint density at radius 3 is 2.74 bits per heavy atom. The zero-order valence-corrected chi connectivity index (χ0v) is 11.8. The highest BCUT2D eigenvalue weighted by molar-refractivity contribution is 5.92. The Labute approximate surface area is 114 Å².